The number of hydrogen-bond donors (Lipinski definition) is 2. The van der Waals surface area contributed by atoms with Crippen LogP contribution in [0.15, 0.2) is 12.4 Å². The van der Waals surface area contributed by atoms with E-state index in [1.54, 1.807) is 0 Å². The zero-order valence-electron chi connectivity index (χ0n) is 9.77. The minimum atomic E-state index is 0.256. The maximum atomic E-state index is 8.79. The molecule has 4 nitrogen and oxygen atoms in total. The molecule has 15 heavy (non-hydrogen) atoms. The average molecular weight is 211 g/mol. The number of aliphatic hydroxyl groups is 1. The van der Waals surface area contributed by atoms with E-state index in [1.165, 1.54) is 0 Å². The summed E-state index contributed by atoms with van der Waals surface area (Å²) >= 11 is 0. The quantitative estimate of drug-likeness (QED) is 0.740. The van der Waals surface area contributed by atoms with E-state index in [0.29, 0.717) is 5.92 Å². The van der Waals surface area contributed by atoms with Crippen molar-refractivity contribution >= 4 is 0 Å². The first-order valence-corrected chi connectivity index (χ1v) is 5.46. The van der Waals surface area contributed by atoms with E-state index in [-0.39, 0.29) is 12.6 Å². The lowest BCUT2D eigenvalue weighted by Crippen LogP contribution is -2.26. The molecular weight excluding hydrogens is 190 g/mol. The first kappa shape index (κ1) is 12.2. The lowest BCUT2D eigenvalue weighted by atomic mass is 10.1. The van der Waals surface area contributed by atoms with Crippen LogP contribution in [0.25, 0.3) is 0 Å². The van der Waals surface area contributed by atoms with Gasteiger partial charge < -0.3 is 15.0 Å². The Bertz CT molecular complexity index is 285. The zero-order chi connectivity index (χ0) is 11.3. The molecule has 1 heterocycles. The predicted molar refractivity (Wildman–Crippen MR) is 60.5 cm³/mol. The predicted octanol–water partition coefficient (Wildman–Crippen LogP) is 1.09. The molecule has 1 aromatic rings. The monoisotopic (exact) mass is 211 g/mol. The summed E-state index contributed by atoms with van der Waals surface area (Å²) in [6, 6.07) is 0.256. The standard InChI is InChI=1S/C11H21N3O/c1-9(4-7-15)8-13-10(2)11-12-5-6-14(11)3/h5-6,9-10,13,15H,4,7-8H2,1-3H3. The van der Waals surface area contributed by atoms with E-state index in [4.69, 9.17) is 5.11 Å². The molecule has 0 aliphatic carbocycles. The molecule has 0 aliphatic rings. The van der Waals surface area contributed by atoms with Gasteiger partial charge in [-0.05, 0) is 25.8 Å². The largest absolute Gasteiger partial charge is 0.396 e. The normalized spacial score (nSPS) is 15.2. The fraction of sp³-hybridized carbons (Fsp3) is 0.727. The maximum Gasteiger partial charge on any atom is 0.125 e. The van der Waals surface area contributed by atoms with Crippen molar-refractivity contribution in [3.63, 3.8) is 0 Å². The molecule has 0 saturated heterocycles. The first-order valence-electron chi connectivity index (χ1n) is 5.46. The van der Waals surface area contributed by atoms with E-state index in [9.17, 15) is 0 Å². The van der Waals surface area contributed by atoms with Crippen LogP contribution in [0.3, 0.4) is 0 Å². The molecule has 4 heteroatoms. The van der Waals surface area contributed by atoms with Gasteiger partial charge in [-0.1, -0.05) is 6.92 Å². The smallest absolute Gasteiger partial charge is 0.125 e. The Labute approximate surface area is 91.3 Å². The second-order valence-electron chi connectivity index (χ2n) is 4.14. The Morgan fingerprint density at radius 3 is 2.80 bits per heavy atom. The van der Waals surface area contributed by atoms with Gasteiger partial charge in [0.15, 0.2) is 0 Å². The Kier molecular flexibility index (Phi) is 4.78. The van der Waals surface area contributed by atoms with Gasteiger partial charge in [-0.25, -0.2) is 4.98 Å². The van der Waals surface area contributed by atoms with Crippen LogP contribution in [0.4, 0.5) is 0 Å². The van der Waals surface area contributed by atoms with Crippen LogP contribution in [0.5, 0.6) is 0 Å². The molecule has 0 radical (unpaired) electrons. The van der Waals surface area contributed by atoms with Crippen molar-refractivity contribution in [3.8, 4) is 0 Å². The van der Waals surface area contributed by atoms with Crippen molar-refractivity contribution in [2.24, 2.45) is 13.0 Å². The maximum absolute atomic E-state index is 8.79. The van der Waals surface area contributed by atoms with Crippen molar-refractivity contribution in [1.82, 2.24) is 14.9 Å². The number of aryl methyl sites for hydroxylation is 1. The van der Waals surface area contributed by atoms with E-state index in [1.807, 2.05) is 24.0 Å². The van der Waals surface area contributed by atoms with Crippen molar-refractivity contribution in [2.75, 3.05) is 13.2 Å². The summed E-state index contributed by atoms with van der Waals surface area (Å²) in [6.45, 7) is 5.41. The third kappa shape index (κ3) is 3.64. The molecule has 2 N–H and O–H groups in total. The molecule has 0 fully saturated rings. The molecule has 0 aromatic carbocycles. The van der Waals surface area contributed by atoms with Gasteiger partial charge in [-0.2, -0.15) is 0 Å². The van der Waals surface area contributed by atoms with E-state index >= 15 is 0 Å². The molecule has 1 rings (SSSR count). The van der Waals surface area contributed by atoms with Gasteiger partial charge in [0.2, 0.25) is 0 Å². The highest BCUT2D eigenvalue weighted by Gasteiger charge is 2.10. The Morgan fingerprint density at radius 2 is 2.27 bits per heavy atom. The number of nitrogens with zero attached hydrogens (tertiary/aromatic N) is 2. The van der Waals surface area contributed by atoms with Crippen LogP contribution in [-0.2, 0) is 7.05 Å². The van der Waals surface area contributed by atoms with Crippen LogP contribution >= 0.6 is 0 Å². The molecular formula is C11H21N3O. The van der Waals surface area contributed by atoms with Gasteiger partial charge in [-0.3, -0.25) is 0 Å². The van der Waals surface area contributed by atoms with E-state index in [2.05, 4.69) is 24.1 Å². The molecule has 0 amide bonds. The van der Waals surface area contributed by atoms with Gasteiger partial charge in [0.25, 0.3) is 0 Å². The van der Waals surface area contributed by atoms with Crippen molar-refractivity contribution in [1.29, 1.82) is 0 Å². The van der Waals surface area contributed by atoms with Crippen LogP contribution in [0.2, 0.25) is 0 Å². The molecule has 0 spiro atoms. The fourth-order valence-corrected chi connectivity index (χ4v) is 1.59. The molecule has 0 saturated carbocycles. The van der Waals surface area contributed by atoms with Crippen LogP contribution in [0, 0.1) is 5.92 Å². The second-order valence-corrected chi connectivity index (χ2v) is 4.14. The molecule has 2 atom stereocenters. The molecule has 0 bridgehead atoms. The SMILES string of the molecule is CC(CCO)CNC(C)c1nccn1C. The van der Waals surface area contributed by atoms with Gasteiger partial charge in [0.1, 0.15) is 5.82 Å². The second kappa shape index (κ2) is 5.88. The summed E-state index contributed by atoms with van der Waals surface area (Å²) in [7, 11) is 2.00. The number of aliphatic hydroxyl groups excluding tert-OH is 1. The van der Waals surface area contributed by atoms with E-state index < -0.39 is 0 Å². The first-order chi connectivity index (χ1) is 7.15. The molecule has 0 aliphatic heterocycles. The number of rotatable bonds is 6. The topological polar surface area (TPSA) is 50.1 Å². The number of nitrogens with one attached hydrogen (secondary N) is 1. The lowest BCUT2D eigenvalue weighted by molar-refractivity contribution is 0.258. The summed E-state index contributed by atoms with van der Waals surface area (Å²) in [5.41, 5.74) is 0. The van der Waals surface area contributed by atoms with Crippen molar-refractivity contribution in [2.45, 2.75) is 26.3 Å². The summed E-state index contributed by atoms with van der Waals surface area (Å²) in [5.74, 6) is 1.55. The Balaban J connectivity index is 2.36. The summed E-state index contributed by atoms with van der Waals surface area (Å²) in [5, 5.41) is 12.2. The highest BCUT2D eigenvalue weighted by Crippen LogP contribution is 2.09. The third-order valence-electron chi connectivity index (χ3n) is 2.64. The Hall–Kier alpha value is -0.870. The zero-order valence-corrected chi connectivity index (χ0v) is 9.77. The lowest BCUT2D eigenvalue weighted by Gasteiger charge is -2.16. The fourth-order valence-electron chi connectivity index (χ4n) is 1.59. The number of aromatic nitrogens is 2. The van der Waals surface area contributed by atoms with E-state index in [0.717, 1.165) is 18.8 Å². The average Bonchev–Trinajstić information content (AvgIpc) is 2.61. The van der Waals surface area contributed by atoms with Gasteiger partial charge in [-0.15, -0.1) is 0 Å². The minimum Gasteiger partial charge on any atom is -0.396 e. The Morgan fingerprint density at radius 1 is 1.53 bits per heavy atom. The summed E-state index contributed by atoms with van der Waals surface area (Å²) < 4.78 is 2.02. The van der Waals surface area contributed by atoms with Crippen molar-refractivity contribution in [3.05, 3.63) is 18.2 Å². The van der Waals surface area contributed by atoms with Gasteiger partial charge in [0.05, 0.1) is 6.04 Å². The van der Waals surface area contributed by atoms with Crippen LogP contribution in [-0.4, -0.2) is 27.8 Å². The molecule has 86 valence electrons. The van der Waals surface area contributed by atoms with Crippen LogP contribution < -0.4 is 5.32 Å². The minimum absolute atomic E-state index is 0.256. The van der Waals surface area contributed by atoms with Crippen molar-refractivity contribution < 1.29 is 5.11 Å². The summed E-state index contributed by atoms with van der Waals surface area (Å²) in [4.78, 5) is 4.29. The van der Waals surface area contributed by atoms with Crippen LogP contribution in [0.1, 0.15) is 32.1 Å². The van der Waals surface area contributed by atoms with Gasteiger partial charge in [0, 0.05) is 26.0 Å². The molecule has 1 aromatic heterocycles. The summed E-state index contributed by atoms with van der Waals surface area (Å²) in [6.07, 6.45) is 4.61. The highest BCUT2D eigenvalue weighted by molar-refractivity contribution is 4.96. The highest BCUT2D eigenvalue weighted by atomic mass is 16.3. The number of imidazole rings is 1. The number of hydrogen-bond acceptors (Lipinski definition) is 3. The molecule has 2 unspecified atom stereocenters. The van der Waals surface area contributed by atoms with Gasteiger partial charge >= 0.3 is 0 Å². The third-order valence-corrected chi connectivity index (χ3v) is 2.64.